The van der Waals surface area contributed by atoms with Crippen LogP contribution in [-0.4, -0.2) is 31.7 Å². The van der Waals surface area contributed by atoms with Gasteiger partial charge in [0.1, 0.15) is 0 Å². The van der Waals surface area contributed by atoms with E-state index in [9.17, 15) is 13.2 Å². The second kappa shape index (κ2) is 7.60. The largest absolute Gasteiger partial charge is 0.322 e. The van der Waals surface area contributed by atoms with Gasteiger partial charge in [0.25, 0.3) is 5.91 Å². The second-order valence-corrected chi connectivity index (χ2v) is 8.70. The summed E-state index contributed by atoms with van der Waals surface area (Å²) in [5.74, 6) is -0.311. The minimum absolute atomic E-state index is 0.174. The number of hydrogen-bond donors (Lipinski definition) is 1. The van der Waals surface area contributed by atoms with Crippen LogP contribution >= 0.6 is 0 Å². The maximum atomic E-state index is 12.8. The molecule has 1 heterocycles. The minimum Gasteiger partial charge on any atom is -0.322 e. The predicted molar refractivity (Wildman–Crippen MR) is 103 cm³/mol. The van der Waals surface area contributed by atoms with Gasteiger partial charge in [-0.3, -0.25) is 4.79 Å². The zero-order valence-electron chi connectivity index (χ0n) is 15.2. The molecule has 0 saturated carbocycles. The summed E-state index contributed by atoms with van der Waals surface area (Å²) in [5, 5.41) is 2.88. The number of anilines is 1. The van der Waals surface area contributed by atoms with Crippen LogP contribution in [0.25, 0.3) is 0 Å². The number of piperidine rings is 1. The number of sulfonamides is 1. The van der Waals surface area contributed by atoms with Gasteiger partial charge in [0.15, 0.2) is 0 Å². The third-order valence-electron chi connectivity index (χ3n) is 4.69. The topological polar surface area (TPSA) is 66.5 Å². The van der Waals surface area contributed by atoms with Gasteiger partial charge in [-0.05, 0) is 62.1 Å². The number of nitrogens with zero attached hydrogens (tertiary/aromatic N) is 1. The lowest BCUT2D eigenvalue weighted by Crippen LogP contribution is -2.35. The molecule has 2 aromatic carbocycles. The first-order valence-electron chi connectivity index (χ1n) is 8.87. The highest BCUT2D eigenvalue weighted by Gasteiger charge is 2.26. The fourth-order valence-corrected chi connectivity index (χ4v) is 4.68. The Hall–Kier alpha value is -2.18. The molecule has 1 saturated heterocycles. The van der Waals surface area contributed by atoms with Crippen LogP contribution in [0.15, 0.2) is 47.4 Å². The molecule has 1 aliphatic heterocycles. The van der Waals surface area contributed by atoms with E-state index in [1.165, 1.54) is 10.4 Å². The number of rotatable bonds is 4. The van der Waals surface area contributed by atoms with Crippen molar-refractivity contribution in [1.29, 1.82) is 0 Å². The molecule has 1 N–H and O–H groups in total. The molecule has 1 amide bonds. The number of carbonyl (C=O) groups is 1. The third-order valence-corrected chi connectivity index (χ3v) is 6.58. The highest BCUT2D eigenvalue weighted by atomic mass is 32.2. The quantitative estimate of drug-likeness (QED) is 0.889. The Bertz CT molecular complexity index is 916. The summed E-state index contributed by atoms with van der Waals surface area (Å²) in [6.07, 6.45) is 2.82. The molecule has 3 rings (SSSR count). The van der Waals surface area contributed by atoms with E-state index in [-0.39, 0.29) is 10.8 Å². The molecule has 0 unspecified atom stereocenters. The molecule has 0 spiro atoms. The molecule has 0 aliphatic carbocycles. The summed E-state index contributed by atoms with van der Waals surface area (Å²) in [6, 6.07) is 12.1. The maximum Gasteiger partial charge on any atom is 0.255 e. The smallest absolute Gasteiger partial charge is 0.255 e. The summed E-state index contributed by atoms with van der Waals surface area (Å²) in [4.78, 5) is 12.8. The lowest BCUT2D eigenvalue weighted by atomic mass is 10.1. The van der Waals surface area contributed by atoms with Crippen molar-refractivity contribution in [2.45, 2.75) is 38.0 Å². The van der Waals surface area contributed by atoms with Crippen LogP contribution in [0.4, 0.5) is 5.69 Å². The number of benzene rings is 2. The third kappa shape index (κ3) is 3.97. The molecule has 2 aromatic rings. The Morgan fingerprint density at radius 3 is 2.46 bits per heavy atom. The van der Waals surface area contributed by atoms with Gasteiger partial charge in [0.2, 0.25) is 10.0 Å². The normalized spacial score (nSPS) is 15.6. The zero-order chi connectivity index (χ0) is 18.7. The molecule has 26 heavy (non-hydrogen) atoms. The summed E-state index contributed by atoms with van der Waals surface area (Å²) in [5.41, 5.74) is 3.08. The van der Waals surface area contributed by atoms with E-state index in [0.717, 1.165) is 36.1 Å². The van der Waals surface area contributed by atoms with Crippen molar-refractivity contribution in [3.63, 3.8) is 0 Å². The van der Waals surface area contributed by atoms with E-state index < -0.39 is 10.0 Å². The highest BCUT2D eigenvalue weighted by Crippen LogP contribution is 2.22. The SMILES string of the molecule is Cc1ccc(C)c(NC(=O)c2cccc(S(=O)(=O)N3CCCCC3)c2)c1. The van der Waals surface area contributed by atoms with Gasteiger partial charge < -0.3 is 5.32 Å². The van der Waals surface area contributed by atoms with Crippen LogP contribution in [0.2, 0.25) is 0 Å². The van der Waals surface area contributed by atoms with Gasteiger partial charge in [-0.1, -0.05) is 24.6 Å². The molecule has 0 atom stereocenters. The first-order chi connectivity index (χ1) is 12.4. The van der Waals surface area contributed by atoms with Crippen molar-refractivity contribution < 1.29 is 13.2 Å². The monoisotopic (exact) mass is 372 g/mol. The molecular formula is C20H24N2O3S. The Kier molecular flexibility index (Phi) is 5.44. The average molecular weight is 372 g/mol. The molecule has 0 bridgehead atoms. The lowest BCUT2D eigenvalue weighted by Gasteiger charge is -2.26. The number of nitrogens with one attached hydrogen (secondary N) is 1. The molecule has 5 nitrogen and oxygen atoms in total. The zero-order valence-corrected chi connectivity index (χ0v) is 16.0. The molecule has 0 aromatic heterocycles. The van der Waals surface area contributed by atoms with E-state index >= 15 is 0 Å². The van der Waals surface area contributed by atoms with E-state index in [4.69, 9.17) is 0 Å². The van der Waals surface area contributed by atoms with Crippen molar-refractivity contribution in [3.05, 3.63) is 59.2 Å². The van der Waals surface area contributed by atoms with Gasteiger partial charge in [-0.2, -0.15) is 4.31 Å². The fourth-order valence-electron chi connectivity index (χ4n) is 3.12. The van der Waals surface area contributed by atoms with Crippen LogP contribution in [0, 0.1) is 13.8 Å². The molecule has 1 fully saturated rings. The van der Waals surface area contributed by atoms with E-state index in [1.807, 2.05) is 32.0 Å². The fraction of sp³-hybridized carbons (Fsp3) is 0.350. The first-order valence-corrected chi connectivity index (χ1v) is 10.3. The van der Waals surface area contributed by atoms with Gasteiger partial charge >= 0.3 is 0 Å². The van der Waals surface area contributed by atoms with Gasteiger partial charge in [0.05, 0.1) is 4.90 Å². The summed E-state index contributed by atoms with van der Waals surface area (Å²) >= 11 is 0. The lowest BCUT2D eigenvalue weighted by molar-refractivity contribution is 0.102. The van der Waals surface area contributed by atoms with Crippen molar-refractivity contribution in [3.8, 4) is 0 Å². The number of aryl methyl sites for hydroxylation is 2. The molecular weight excluding hydrogens is 348 g/mol. The molecule has 0 radical (unpaired) electrons. The van der Waals surface area contributed by atoms with Crippen molar-refractivity contribution in [2.75, 3.05) is 18.4 Å². The molecule has 6 heteroatoms. The van der Waals surface area contributed by atoms with E-state index in [2.05, 4.69) is 5.32 Å². The maximum absolute atomic E-state index is 12.8. The van der Waals surface area contributed by atoms with Crippen LogP contribution in [0.5, 0.6) is 0 Å². The Morgan fingerprint density at radius 2 is 1.73 bits per heavy atom. The average Bonchev–Trinajstić information content (AvgIpc) is 2.65. The summed E-state index contributed by atoms with van der Waals surface area (Å²) in [6.45, 7) is 4.97. The first kappa shape index (κ1) is 18.6. The number of amides is 1. The Morgan fingerprint density at radius 1 is 1.00 bits per heavy atom. The van der Waals surface area contributed by atoms with Gasteiger partial charge in [-0.25, -0.2) is 8.42 Å². The summed E-state index contributed by atoms with van der Waals surface area (Å²) < 4.78 is 27.1. The number of hydrogen-bond acceptors (Lipinski definition) is 3. The second-order valence-electron chi connectivity index (χ2n) is 6.77. The van der Waals surface area contributed by atoms with Crippen molar-refractivity contribution >= 4 is 21.6 Å². The standard InChI is InChI=1S/C20H24N2O3S/c1-15-9-10-16(2)19(13-15)21-20(23)17-7-6-8-18(14-17)26(24,25)22-11-4-3-5-12-22/h6-10,13-14H,3-5,11-12H2,1-2H3,(H,21,23). The minimum atomic E-state index is -3.55. The Balaban J connectivity index is 1.84. The van der Waals surface area contributed by atoms with E-state index in [1.54, 1.807) is 18.2 Å². The highest BCUT2D eigenvalue weighted by molar-refractivity contribution is 7.89. The van der Waals surface area contributed by atoms with Crippen LogP contribution in [0.3, 0.4) is 0 Å². The predicted octanol–water partition coefficient (Wildman–Crippen LogP) is 3.73. The van der Waals surface area contributed by atoms with Crippen LogP contribution in [-0.2, 0) is 10.0 Å². The van der Waals surface area contributed by atoms with Crippen molar-refractivity contribution in [2.24, 2.45) is 0 Å². The molecule has 138 valence electrons. The van der Waals surface area contributed by atoms with Crippen molar-refractivity contribution in [1.82, 2.24) is 4.31 Å². The van der Waals surface area contributed by atoms with Gasteiger partial charge in [-0.15, -0.1) is 0 Å². The van der Waals surface area contributed by atoms with Crippen LogP contribution < -0.4 is 5.32 Å². The summed E-state index contributed by atoms with van der Waals surface area (Å²) in [7, 11) is -3.55. The van der Waals surface area contributed by atoms with Gasteiger partial charge in [0, 0.05) is 24.3 Å². The van der Waals surface area contributed by atoms with Crippen LogP contribution in [0.1, 0.15) is 40.7 Å². The number of carbonyl (C=O) groups excluding carboxylic acids is 1. The molecule has 1 aliphatic rings. The Labute approximate surface area is 155 Å². The van der Waals surface area contributed by atoms with E-state index in [0.29, 0.717) is 18.7 Å².